The van der Waals surface area contributed by atoms with Gasteiger partial charge >= 0.3 is 0 Å². The van der Waals surface area contributed by atoms with Gasteiger partial charge in [-0.05, 0) is 30.3 Å². The van der Waals surface area contributed by atoms with Gasteiger partial charge in [0.25, 0.3) is 10.0 Å². The van der Waals surface area contributed by atoms with Gasteiger partial charge in [-0.3, -0.25) is 4.72 Å². The normalized spacial score (nSPS) is 11.2. The van der Waals surface area contributed by atoms with Crippen molar-refractivity contribution in [2.45, 2.75) is 4.90 Å². The summed E-state index contributed by atoms with van der Waals surface area (Å²) in [5.41, 5.74) is 6.30. The Morgan fingerprint density at radius 1 is 1.24 bits per heavy atom. The molecule has 0 bridgehead atoms. The van der Waals surface area contributed by atoms with Gasteiger partial charge in [-0.1, -0.05) is 27.5 Å². The van der Waals surface area contributed by atoms with E-state index in [1.807, 2.05) is 0 Å². The predicted molar refractivity (Wildman–Crippen MR) is 87.4 cm³/mol. The second-order valence-corrected chi connectivity index (χ2v) is 7.11. The van der Waals surface area contributed by atoms with E-state index >= 15 is 0 Å². The van der Waals surface area contributed by atoms with E-state index in [0.29, 0.717) is 10.2 Å². The van der Waals surface area contributed by atoms with Crippen molar-refractivity contribution in [1.82, 2.24) is 0 Å². The lowest BCUT2D eigenvalue weighted by molar-refractivity contribution is 0.403. The van der Waals surface area contributed by atoms with Crippen LogP contribution in [0, 0.1) is 0 Å². The van der Waals surface area contributed by atoms with Crippen molar-refractivity contribution in [3.63, 3.8) is 0 Å². The fourth-order valence-corrected chi connectivity index (χ4v) is 3.49. The van der Waals surface area contributed by atoms with E-state index in [2.05, 4.69) is 20.7 Å². The van der Waals surface area contributed by atoms with E-state index in [-0.39, 0.29) is 21.4 Å². The van der Waals surface area contributed by atoms with E-state index in [1.165, 1.54) is 25.3 Å². The SMILES string of the molecule is COc1cc(N)ccc1S(=O)(=O)Nc1cc(Br)ccc1Cl. The predicted octanol–water partition coefficient (Wildman–Crippen LogP) is 3.49. The van der Waals surface area contributed by atoms with Gasteiger partial charge in [-0.2, -0.15) is 0 Å². The minimum Gasteiger partial charge on any atom is -0.495 e. The quantitative estimate of drug-likeness (QED) is 0.782. The summed E-state index contributed by atoms with van der Waals surface area (Å²) in [5.74, 6) is 0.161. The molecule has 0 radical (unpaired) electrons. The highest BCUT2D eigenvalue weighted by Crippen LogP contribution is 2.31. The molecular formula is C13H12BrClN2O3S. The number of sulfonamides is 1. The van der Waals surface area contributed by atoms with Gasteiger partial charge in [0.05, 0.1) is 17.8 Å². The number of anilines is 2. The summed E-state index contributed by atoms with van der Waals surface area (Å²) in [7, 11) is -2.47. The Morgan fingerprint density at radius 2 is 1.95 bits per heavy atom. The Morgan fingerprint density at radius 3 is 2.62 bits per heavy atom. The highest BCUT2D eigenvalue weighted by molar-refractivity contribution is 9.10. The lowest BCUT2D eigenvalue weighted by atomic mass is 10.3. The first kappa shape index (κ1) is 15.9. The Bertz CT molecular complexity index is 781. The lowest BCUT2D eigenvalue weighted by Crippen LogP contribution is -2.14. The standard InChI is InChI=1S/C13H12BrClN2O3S/c1-20-12-7-9(16)3-5-13(12)21(18,19)17-11-6-8(14)2-4-10(11)15/h2-7,17H,16H2,1H3. The van der Waals surface area contributed by atoms with Gasteiger partial charge in [0.15, 0.2) is 0 Å². The summed E-state index contributed by atoms with van der Waals surface area (Å²) in [5, 5.41) is 0.288. The number of nitrogens with two attached hydrogens (primary N) is 1. The van der Waals surface area contributed by atoms with E-state index in [0.717, 1.165) is 0 Å². The molecule has 0 spiro atoms. The number of hydrogen-bond acceptors (Lipinski definition) is 4. The van der Waals surface area contributed by atoms with Gasteiger partial charge in [0.2, 0.25) is 0 Å². The van der Waals surface area contributed by atoms with Crippen molar-refractivity contribution in [3.05, 3.63) is 45.9 Å². The molecule has 21 heavy (non-hydrogen) atoms. The first-order chi connectivity index (χ1) is 9.83. The Hall–Kier alpha value is -1.44. The van der Waals surface area contributed by atoms with Crippen LogP contribution in [0.3, 0.4) is 0 Å². The highest BCUT2D eigenvalue weighted by Gasteiger charge is 2.21. The molecule has 0 atom stereocenters. The van der Waals surface area contributed by atoms with E-state index in [9.17, 15) is 8.42 Å². The summed E-state index contributed by atoms with van der Waals surface area (Å²) in [6.45, 7) is 0. The maximum atomic E-state index is 12.5. The molecule has 0 fully saturated rings. The van der Waals surface area contributed by atoms with Crippen LogP contribution in [0.4, 0.5) is 11.4 Å². The Balaban J connectivity index is 2.46. The fraction of sp³-hybridized carbons (Fsp3) is 0.0769. The van der Waals surface area contributed by atoms with Crippen LogP contribution in [0.15, 0.2) is 45.8 Å². The number of halogens is 2. The molecule has 0 aliphatic heterocycles. The summed E-state index contributed by atoms with van der Waals surface area (Å²) in [6, 6.07) is 9.18. The minimum atomic E-state index is -3.85. The molecule has 112 valence electrons. The zero-order valence-corrected chi connectivity index (χ0v) is 14.1. The molecule has 2 aromatic carbocycles. The van der Waals surface area contributed by atoms with Crippen molar-refractivity contribution in [2.24, 2.45) is 0 Å². The molecule has 0 amide bonds. The zero-order chi connectivity index (χ0) is 15.6. The van der Waals surface area contributed by atoms with Crippen LogP contribution in [-0.2, 0) is 10.0 Å². The highest BCUT2D eigenvalue weighted by atomic mass is 79.9. The summed E-state index contributed by atoms with van der Waals surface area (Å²) in [4.78, 5) is -0.0183. The average Bonchev–Trinajstić information content (AvgIpc) is 2.42. The second kappa shape index (κ2) is 6.13. The molecule has 0 aliphatic rings. The average molecular weight is 392 g/mol. The van der Waals surface area contributed by atoms with Crippen LogP contribution in [0.2, 0.25) is 5.02 Å². The maximum absolute atomic E-state index is 12.5. The molecule has 0 aromatic heterocycles. The summed E-state index contributed by atoms with van der Waals surface area (Å²) >= 11 is 9.25. The van der Waals surface area contributed by atoms with Crippen LogP contribution in [0.1, 0.15) is 0 Å². The molecule has 2 rings (SSSR count). The molecule has 0 aliphatic carbocycles. The fourth-order valence-electron chi connectivity index (χ4n) is 1.68. The molecule has 5 nitrogen and oxygen atoms in total. The largest absolute Gasteiger partial charge is 0.495 e. The molecule has 0 unspecified atom stereocenters. The molecular weight excluding hydrogens is 380 g/mol. The van der Waals surface area contributed by atoms with Crippen molar-refractivity contribution >= 4 is 48.9 Å². The number of benzene rings is 2. The third-order valence-electron chi connectivity index (χ3n) is 2.65. The number of methoxy groups -OCH3 is 1. The first-order valence-corrected chi connectivity index (χ1v) is 8.40. The van der Waals surface area contributed by atoms with Gasteiger partial charge in [-0.15, -0.1) is 0 Å². The molecule has 8 heteroatoms. The van der Waals surface area contributed by atoms with Gasteiger partial charge in [0, 0.05) is 16.2 Å². The van der Waals surface area contributed by atoms with Crippen LogP contribution >= 0.6 is 27.5 Å². The first-order valence-electron chi connectivity index (χ1n) is 5.75. The molecule has 0 heterocycles. The zero-order valence-electron chi connectivity index (χ0n) is 10.9. The second-order valence-electron chi connectivity index (χ2n) is 4.14. The Labute approximate surface area is 136 Å². The number of nitrogen functional groups attached to an aromatic ring is 1. The van der Waals surface area contributed by atoms with E-state index < -0.39 is 10.0 Å². The molecule has 3 N–H and O–H groups in total. The summed E-state index contributed by atoms with van der Waals surface area (Å²) < 4.78 is 33.1. The molecule has 2 aromatic rings. The van der Waals surface area contributed by atoms with E-state index in [1.54, 1.807) is 18.2 Å². The van der Waals surface area contributed by atoms with Gasteiger partial charge < -0.3 is 10.5 Å². The molecule has 0 saturated carbocycles. The van der Waals surface area contributed by atoms with Crippen molar-refractivity contribution in [3.8, 4) is 5.75 Å². The van der Waals surface area contributed by atoms with Crippen LogP contribution in [-0.4, -0.2) is 15.5 Å². The van der Waals surface area contributed by atoms with Crippen molar-refractivity contribution in [1.29, 1.82) is 0 Å². The van der Waals surface area contributed by atoms with E-state index in [4.69, 9.17) is 22.1 Å². The van der Waals surface area contributed by atoms with Gasteiger partial charge in [-0.25, -0.2) is 8.42 Å². The van der Waals surface area contributed by atoms with Crippen molar-refractivity contribution in [2.75, 3.05) is 17.6 Å². The number of ether oxygens (including phenoxy) is 1. The number of hydrogen-bond donors (Lipinski definition) is 2. The van der Waals surface area contributed by atoms with Gasteiger partial charge in [0.1, 0.15) is 10.6 Å². The lowest BCUT2D eigenvalue weighted by Gasteiger charge is -2.13. The smallest absolute Gasteiger partial charge is 0.265 e. The van der Waals surface area contributed by atoms with Crippen LogP contribution in [0.25, 0.3) is 0 Å². The number of nitrogens with one attached hydrogen (secondary N) is 1. The molecule has 0 saturated heterocycles. The monoisotopic (exact) mass is 390 g/mol. The third kappa shape index (κ3) is 3.61. The minimum absolute atomic E-state index is 0.0183. The maximum Gasteiger partial charge on any atom is 0.265 e. The van der Waals surface area contributed by atoms with Crippen LogP contribution < -0.4 is 15.2 Å². The van der Waals surface area contributed by atoms with Crippen LogP contribution in [0.5, 0.6) is 5.75 Å². The number of rotatable bonds is 4. The topological polar surface area (TPSA) is 81.4 Å². The summed E-state index contributed by atoms with van der Waals surface area (Å²) in [6.07, 6.45) is 0. The van der Waals surface area contributed by atoms with Crippen molar-refractivity contribution < 1.29 is 13.2 Å². The third-order valence-corrected chi connectivity index (χ3v) is 4.88. The Kier molecular flexibility index (Phi) is 4.65.